The predicted octanol–water partition coefficient (Wildman–Crippen LogP) is 1.79. The number of aromatic nitrogens is 1. The molecule has 0 atom stereocenters. The number of carbonyl (C=O) groups excluding carboxylic acids is 2. The highest BCUT2D eigenvalue weighted by molar-refractivity contribution is 7.94. The Labute approximate surface area is 204 Å². The number of hydrogen-bond acceptors (Lipinski definition) is 6. The first-order valence-corrected chi connectivity index (χ1v) is 12.9. The molecule has 0 spiro atoms. The van der Waals surface area contributed by atoms with Crippen LogP contribution in [0.1, 0.15) is 58.7 Å². The Morgan fingerprint density at radius 3 is 2.37 bits per heavy atom. The monoisotopic (exact) mass is 496 g/mol. The summed E-state index contributed by atoms with van der Waals surface area (Å²) >= 11 is 0. The van der Waals surface area contributed by atoms with Crippen LogP contribution in [0.5, 0.6) is 0 Å². The maximum atomic E-state index is 13.1. The standard InChI is InChI=1S/C25H28N4O5S/c1-17-4-6-18(7-5-17)14-27-21(30)19-8-9-20-23(32)28(12-13-29(20)22(19)31)16-25(10-11-25)35(33,34)24(2,3)15-26/h4-9H,10-14,16H2,1-3H3,(H,27,30). The number of pyridine rings is 1. The van der Waals surface area contributed by atoms with Crippen molar-refractivity contribution in [2.45, 2.75) is 56.2 Å². The second-order valence-corrected chi connectivity index (χ2v) is 12.7. The second kappa shape index (κ2) is 8.64. The van der Waals surface area contributed by atoms with Crippen LogP contribution >= 0.6 is 0 Å². The number of fused-ring (bicyclic) bond motifs is 1. The molecule has 0 saturated heterocycles. The van der Waals surface area contributed by atoms with E-state index in [0.29, 0.717) is 12.8 Å². The van der Waals surface area contributed by atoms with Gasteiger partial charge in [-0.25, -0.2) is 8.42 Å². The van der Waals surface area contributed by atoms with E-state index in [4.69, 9.17) is 0 Å². The zero-order valence-electron chi connectivity index (χ0n) is 20.0. The van der Waals surface area contributed by atoms with E-state index in [1.165, 1.54) is 35.4 Å². The van der Waals surface area contributed by atoms with Crippen molar-refractivity contribution in [3.8, 4) is 6.07 Å². The molecule has 1 aromatic carbocycles. The first kappa shape index (κ1) is 24.7. The van der Waals surface area contributed by atoms with Crippen LogP contribution in [0, 0.1) is 18.3 Å². The maximum Gasteiger partial charge on any atom is 0.270 e. The third-order valence-corrected chi connectivity index (χ3v) is 10.0. The van der Waals surface area contributed by atoms with Gasteiger partial charge in [0.15, 0.2) is 14.6 Å². The number of amides is 2. The summed E-state index contributed by atoms with van der Waals surface area (Å²) in [6, 6.07) is 12.3. The number of benzene rings is 1. The van der Waals surface area contributed by atoms with E-state index in [2.05, 4.69) is 5.32 Å². The number of aryl methyl sites for hydroxylation is 1. The number of hydrogen-bond donors (Lipinski definition) is 1. The molecule has 2 amide bonds. The van der Waals surface area contributed by atoms with E-state index in [1.54, 1.807) is 0 Å². The Balaban J connectivity index is 1.51. The number of rotatable bonds is 7. The van der Waals surface area contributed by atoms with Crippen molar-refractivity contribution in [1.82, 2.24) is 14.8 Å². The summed E-state index contributed by atoms with van der Waals surface area (Å²) in [7, 11) is -3.81. The van der Waals surface area contributed by atoms with Crippen LogP contribution in [-0.4, -0.2) is 52.3 Å². The Hall–Kier alpha value is -3.45. The van der Waals surface area contributed by atoms with Crippen molar-refractivity contribution in [1.29, 1.82) is 5.26 Å². The van der Waals surface area contributed by atoms with Crippen molar-refractivity contribution >= 4 is 21.7 Å². The second-order valence-electron chi connectivity index (χ2n) is 9.79. The lowest BCUT2D eigenvalue weighted by atomic mass is 10.1. The topological polar surface area (TPSA) is 129 Å². The van der Waals surface area contributed by atoms with Gasteiger partial charge >= 0.3 is 0 Å². The van der Waals surface area contributed by atoms with Crippen molar-refractivity contribution in [2.75, 3.05) is 13.1 Å². The molecule has 184 valence electrons. The fourth-order valence-corrected chi connectivity index (χ4v) is 6.55. The van der Waals surface area contributed by atoms with Gasteiger partial charge in [-0.3, -0.25) is 14.4 Å². The van der Waals surface area contributed by atoms with Crippen LogP contribution < -0.4 is 10.9 Å². The van der Waals surface area contributed by atoms with Gasteiger partial charge in [0.25, 0.3) is 17.4 Å². The van der Waals surface area contributed by atoms with Crippen molar-refractivity contribution in [3.05, 3.63) is 69.1 Å². The highest BCUT2D eigenvalue weighted by atomic mass is 32.2. The summed E-state index contributed by atoms with van der Waals surface area (Å²) in [6.45, 7) is 5.26. The van der Waals surface area contributed by atoms with Crippen LogP contribution in [-0.2, 0) is 22.9 Å². The summed E-state index contributed by atoms with van der Waals surface area (Å²) in [5.74, 6) is -0.987. The molecule has 1 saturated carbocycles. The molecule has 1 N–H and O–H groups in total. The number of nitrogens with zero attached hydrogens (tertiary/aromatic N) is 3. The molecule has 0 radical (unpaired) electrons. The summed E-state index contributed by atoms with van der Waals surface area (Å²) in [4.78, 5) is 40.2. The Kier molecular flexibility index (Phi) is 6.09. The van der Waals surface area contributed by atoms with Gasteiger partial charge in [-0.2, -0.15) is 5.26 Å². The molecule has 1 aliphatic heterocycles. The normalized spacial score (nSPS) is 16.9. The van der Waals surface area contributed by atoms with Crippen LogP contribution in [0.25, 0.3) is 0 Å². The van der Waals surface area contributed by atoms with Gasteiger partial charge in [0.1, 0.15) is 11.3 Å². The van der Waals surface area contributed by atoms with Gasteiger partial charge in [0, 0.05) is 26.2 Å². The molecular formula is C25H28N4O5S. The number of nitrogens with one attached hydrogen (secondary N) is 1. The van der Waals surface area contributed by atoms with Gasteiger partial charge < -0.3 is 14.8 Å². The molecule has 2 aliphatic rings. The summed E-state index contributed by atoms with van der Waals surface area (Å²) in [5, 5.41) is 12.1. The molecule has 2 heterocycles. The first-order chi connectivity index (χ1) is 16.4. The summed E-state index contributed by atoms with van der Waals surface area (Å²) in [5.41, 5.74) is 1.50. The summed E-state index contributed by atoms with van der Waals surface area (Å²) in [6.07, 6.45) is 0.772. The molecule has 0 bridgehead atoms. The van der Waals surface area contributed by atoms with Gasteiger partial charge in [-0.1, -0.05) is 29.8 Å². The lowest BCUT2D eigenvalue weighted by molar-refractivity contribution is 0.0694. The van der Waals surface area contributed by atoms with E-state index in [1.807, 2.05) is 37.3 Å². The fourth-order valence-electron chi connectivity index (χ4n) is 4.38. The average Bonchev–Trinajstić information content (AvgIpc) is 3.62. The van der Waals surface area contributed by atoms with Gasteiger partial charge in [0.05, 0.1) is 10.8 Å². The third-order valence-electron chi connectivity index (χ3n) is 6.89. The van der Waals surface area contributed by atoms with Crippen molar-refractivity contribution in [2.24, 2.45) is 0 Å². The quantitative estimate of drug-likeness (QED) is 0.622. The minimum absolute atomic E-state index is 0.0216. The van der Waals surface area contributed by atoms with Crippen LogP contribution in [0.4, 0.5) is 0 Å². The number of nitriles is 1. The number of sulfone groups is 1. The highest BCUT2D eigenvalue weighted by Crippen LogP contribution is 2.49. The smallest absolute Gasteiger partial charge is 0.270 e. The average molecular weight is 497 g/mol. The Morgan fingerprint density at radius 2 is 1.77 bits per heavy atom. The Morgan fingerprint density at radius 1 is 1.11 bits per heavy atom. The molecule has 2 aromatic rings. The SMILES string of the molecule is Cc1ccc(CNC(=O)c2ccc3n(c2=O)CCN(CC2(S(=O)(=O)C(C)(C)C#N)CC2)C3=O)cc1. The zero-order chi connectivity index (χ0) is 25.6. The minimum Gasteiger partial charge on any atom is -0.348 e. The lowest BCUT2D eigenvalue weighted by Gasteiger charge is -2.34. The Bertz CT molecular complexity index is 1400. The van der Waals surface area contributed by atoms with E-state index in [9.17, 15) is 28.1 Å². The molecule has 35 heavy (non-hydrogen) atoms. The first-order valence-electron chi connectivity index (χ1n) is 11.4. The van der Waals surface area contributed by atoms with Crippen molar-refractivity contribution < 1.29 is 18.0 Å². The summed E-state index contributed by atoms with van der Waals surface area (Å²) < 4.78 is 24.8. The van der Waals surface area contributed by atoms with Crippen LogP contribution in [0.15, 0.2) is 41.2 Å². The van der Waals surface area contributed by atoms with Gasteiger partial charge in [-0.15, -0.1) is 0 Å². The van der Waals surface area contributed by atoms with Crippen LogP contribution in [0.3, 0.4) is 0 Å². The highest BCUT2D eigenvalue weighted by Gasteiger charge is 2.61. The third kappa shape index (κ3) is 4.25. The molecule has 9 nitrogen and oxygen atoms in total. The van der Waals surface area contributed by atoms with E-state index in [0.717, 1.165) is 11.1 Å². The van der Waals surface area contributed by atoms with Crippen LogP contribution in [0.2, 0.25) is 0 Å². The zero-order valence-corrected chi connectivity index (χ0v) is 20.8. The molecule has 1 fully saturated rings. The molecule has 4 rings (SSSR count). The molecular weight excluding hydrogens is 468 g/mol. The molecule has 1 aliphatic carbocycles. The molecule has 0 unspecified atom stereocenters. The van der Waals surface area contributed by atoms with E-state index < -0.39 is 36.7 Å². The molecule has 10 heteroatoms. The van der Waals surface area contributed by atoms with E-state index >= 15 is 0 Å². The van der Waals surface area contributed by atoms with Crippen molar-refractivity contribution in [3.63, 3.8) is 0 Å². The predicted molar refractivity (Wildman–Crippen MR) is 130 cm³/mol. The molecule has 1 aromatic heterocycles. The largest absolute Gasteiger partial charge is 0.348 e. The fraction of sp³-hybridized carbons (Fsp3) is 0.440. The van der Waals surface area contributed by atoms with Gasteiger partial charge in [0.2, 0.25) is 0 Å². The van der Waals surface area contributed by atoms with E-state index in [-0.39, 0.29) is 37.4 Å². The number of carbonyl (C=O) groups is 2. The van der Waals surface area contributed by atoms with Gasteiger partial charge in [-0.05, 0) is 51.3 Å². The maximum absolute atomic E-state index is 13.1. The minimum atomic E-state index is -3.81. The lowest BCUT2D eigenvalue weighted by Crippen LogP contribution is -2.52.